The molecule has 0 amide bonds. The lowest BCUT2D eigenvalue weighted by molar-refractivity contribution is 1.31. The highest BCUT2D eigenvalue weighted by molar-refractivity contribution is 5.95. The van der Waals surface area contributed by atoms with Crippen molar-refractivity contribution in [2.45, 2.75) is 25.7 Å². The summed E-state index contributed by atoms with van der Waals surface area (Å²) in [7, 11) is 0. The van der Waals surface area contributed by atoms with Crippen molar-refractivity contribution in [1.82, 2.24) is 0 Å². The first-order valence-corrected chi connectivity index (χ1v) is 8.32. The lowest BCUT2D eigenvalue weighted by Crippen LogP contribution is -2.49. The lowest BCUT2D eigenvalue weighted by atomic mass is 9.93. The van der Waals surface area contributed by atoms with E-state index in [1.54, 1.807) is 10.9 Å². The Morgan fingerprint density at radius 2 is 1.09 bits per heavy atom. The summed E-state index contributed by atoms with van der Waals surface area (Å²) >= 11 is 0. The highest BCUT2D eigenvalue weighted by Gasteiger charge is 2.19. The molecule has 0 heteroatoms. The Hall–Kier alpha value is -2.34. The van der Waals surface area contributed by atoms with E-state index in [1.165, 1.54) is 42.3 Å². The van der Waals surface area contributed by atoms with Gasteiger partial charge in [0.15, 0.2) is 0 Å². The van der Waals surface area contributed by atoms with Gasteiger partial charge >= 0.3 is 0 Å². The molecular formula is C22H16. The summed E-state index contributed by atoms with van der Waals surface area (Å²) < 4.78 is 0. The molecule has 0 heterocycles. The quantitative estimate of drug-likeness (QED) is 0.651. The van der Waals surface area contributed by atoms with Crippen LogP contribution in [-0.2, 0) is 6.42 Å². The molecule has 104 valence electrons. The molecule has 22 heavy (non-hydrogen) atoms. The van der Waals surface area contributed by atoms with Gasteiger partial charge in [-0.25, -0.2) is 0 Å². The van der Waals surface area contributed by atoms with Crippen molar-refractivity contribution in [2.24, 2.45) is 0 Å². The Morgan fingerprint density at radius 1 is 0.545 bits per heavy atom. The van der Waals surface area contributed by atoms with E-state index < -0.39 is 0 Å². The predicted molar refractivity (Wildman–Crippen MR) is 95.1 cm³/mol. The van der Waals surface area contributed by atoms with Crippen LogP contribution < -0.4 is 31.3 Å². The number of hydrogen-bond donors (Lipinski definition) is 0. The summed E-state index contributed by atoms with van der Waals surface area (Å²) in [4.78, 5) is 0. The third kappa shape index (κ3) is 1.14. The van der Waals surface area contributed by atoms with Gasteiger partial charge in [-0.05, 0) is 78.9 Å². The van der Waals surface area contributed by atoms with Gasteiger partial charge in [-0.15, -0.1) is 0 Å². The maximum Gasteiger partial charge on any atom is -0.00236 e. The molecule has 0 unspecified atom stereocenters. The molecule has 4 aliphatic rings. The van der Waals surface area contributed by atoms with Gasteiger partial charge in [-0.1, -0.05) is 48.6 Å². The molecule has 0 spiro atoms. The van der Waals surface area contributed by atoms with Gasteiger partial charge in [0.1, 0.15) is 0 Å². The van der Waals surface area contributed by atoms with Crippen molar-refractivity contribution in [3.8, 4) is 0 Å². The number of hydrogen-bond acceptors (Lipinski definition) is 0. The third-order valence-electron chi connectivity index (χ3n) is 5.67. The van der Waals surface area contributed by atoms with Crippen LogP contribution in [0, 0.1) is 0 Å². The largest absolute Gasteiger partial charge is 0.0795 e. The Kier molecular flexibility index (Phi) is 1.89. The molecule has 0 nitrogen and oxygen atoms in total. The molecule has 0 radical (unpaired) electrons. The molecule has 0 atom stereocenters. The molecule has 0 N–H and O–H groups in total. The zero-order valence-corrected chi connectivity index (χ0v) is 12.4. The summed E-state index contributed by atoms with van der Waals surface area (Å²) in [6, 6.07) is 0. The van der Waals surface area contributed by atoms with Crippen LogP contribution in [0.5, 0.6) is 0 Å². The first-order chi connectivity index (χ1) is 10.9. The number of fused-ring (bicyclic) bond motifs is 11. The highest BCUT2D eigenvalue weighted by Crippen LogP contribution is 2.21. The average Bonchev–Trinajstić information content (AvgIpc) is 3.28. The normalized spacial score (nSPS) is 18.4. The van der Waals surface area contributed by atoms with Crippen LogP contribution in [0.1, 0.15) is 30.4 Å². The topological polar surface area (TPSA) is 0 Å². The molecule has 0 aliphatic heterocycles. The molecule has 2 aromatic carbocycles. The van der Waals surface area contributed by atoms with Crippen LogP contribution in [0.15, 0.2) is 6.08 Å². The number of benzene rings is 2. The van der Waals surface area contributed by atoms with Crippen molar-refractivity contribution in [2.75, 3.05) is 0 Å². The second-order valence-electron chi connectivity index (χ2n) is 6.66. The van der Waals surface area contributed by atoms with Gasteiger partial charge in [0.25, 0.3) is 0 Å². The van der Waals surface area contributed by atoms with Crippen LogP contribution >= 0.6 is 0 Å². The maximum absolute atomic E-state index is 2.44. The van der Waals surface area contributed by atoms with Crippen LogP contribution in [0.3, 0.4) is 0 Å². The first kappa shape index (κ1) is 11.3. The second-order valence-corrected chi connectivity index (χ2v) is 6.66. The number of allylic oxidation sites excluding steroid dienone is 1. The molecule has 4 aliphatic carbocycles. The van der Waals surface area contributed by atoms with Crippen LogP contribution in [0.2, 0.25) is 0 Å². The van der Waals surface area contributed by atoms with E-state index in [9.17, 15) is 0 Å². The minimum atomic E-state index is 1.08. The summed E-state index contributed by atoms with van der Waals surface area (Å²) in [6.45, 7) is 0. The summed E-state index contributed by atoms with van der Waals surface area (Å²) in [5, 5.41) is 12.0. The summed E-state index contributed by atoms with van der Waals surface area (Å²) in [5.41, 5.74) is 3.05. The minimum absolute atomic E-state index is 1.08. The van der Waals surface area contributed by atoms with Gasteiger partial charge in [0, 0.05) is 0 Å². The first-order valence-electron chi connectivity index (χ1n) is 8.32. The van der Waals surface area contributed by atoms with Gasteiger partial charge in [-0.2, -0.15) is 0 Å². The molecule has 0 aromatic heterocycles. The van der Waals surface area contributed by atoms with Crippen molar-refractivity contribution in [1.29, 1.82) is 0 Å². The average molecular weight is 280 g/mol. The Labute approximate surface area is 128 Å². The maximum atomic E-state index is 2.44. The van der Waals surface area contributed by atoms with Gasteiger partial charge < -0.3 is 0 Å². The Morgan fingerprint density at radius 3 is 1.82 bits per heavy atom. The van der Waals surface area contributed by atoms with Crippen LogP contribution in [0.4, 0.5) is 0 Å². The van der Waals surface area contributed by atoms with Crippen LogP contribution in [0.25, 0.3) is 53.3 Å². The fourth-order valence-electron chi connectivity index (χ4n) is 4.88. The highest BCUT2D eigenvalue weighted by atomic mass is 14.2. The molecule has 0 saturated carbocycles. The van der Waals surface area contributed by atoms with Crippen molar-refractivity contribution >= 4 is 53.3 Å². The summed E-state index contributed by atoms with van der Waals surface area (Å²) in [5.74, 6) is 0. The Balaban J connectivity index is 2.14. The second kappa shape index (κ2) is 3.70. The predicted octanol–water partition coefficient (Wildman–Crippen LogP) is 0.303. The van der Waals surface area contributed by atoms with Gasteiger partial charge in [-0.3, -0.25) is 0 Å². The SMILES string of the molecule is C1=Cc2c(c3c4c(c5c(c3c3c2=CCC=3)=CCC=5)=CCC=4)C1. The van der Waals surface area contributed by atoms with Crippen molar-refractivity contribution in [3.63, 3.8) is 0 Å². The fraction of sp³-hybridized carbons (Fsp3) is 0.182. The molecule has 0 saturated heterocycles. The number of rotatable bonds is 0. The van der Waals surface area contributed by atoms with E-state index in [1.807, 2.05) is 0 Å². The molecule has 0 bridgehead atoms. The van der Waals surface area contributed by atoms with Crippen LogP contribution in [-0.4, -0.2) is 0 Å². The minimum Gasteiger partial charge on any atom is -0.0795 e. The van der Waals surface area contributed by atoms with E-state index in [4.69, 9.17) is 0 Å². The molecule has 2 aromatic rings. The smallest absolute Gasteiger partial charge is 0.00236 e. The van der Waals surface area contributed by atoms with Crippen molar-refractivity contribution < 1.29 is 0 Å². The van der Waals surface area contributed by atoms with Gasteiger partial charge in [0.2, 0.25) is 0 Å². The zero-order valence-electron chi connectivity index (χ0n) is 12.4. The Bertz CT molecular complexity index is 1300. The van der Waals surface area contributed by atoms with E-state index in [-0.39, 0.29) is 0 Å². The monoisotopic (exact) mass is 280 g/mol. The van der Waals surface area contributed by atoms with E-state index in [0.29, 0.717) is 0 Å². The van der Waals surface area contributed by atoms with Gasteiger partial charge in [0.05, 0.1) is 0 Å². The summed E-state index contributed by atoms with van der Waals surface area (Å²) in [6.07, 6.45) is 23.6. The lowest BCUT2D eigenvalue weighted by Gasteiger charge is -2.10. The molecule has 6 rings (SSSR count). The van der Waals surface area contributed by atoms with Crippen molar-refractivity contribution in [3.05, 3.63) is 48.5 Å². The molecule has 0 fully saturated rings. The van der Waals surface area contributed by atoms with E-state index in [2.05, 4.69) is 48.6 Å². The fourth-order valence-corrected chi connectivity index (χ4v) is 4.88. The molecular weight excluding hydrogens is 264 g/mol. The third-order valence-corrected chi connectivity index (χ3v) is 5.67. The zero-order chi connectivity index (χ0) is 14.3. The van der Waals surface area contributed by atoms with E-state index >= 15 is 0 Å². The standard InChI is InChI=1S/C22H16/c1-5-13-14-6-2-10-18(14)22-20-12-4-8-16(20)15-7-3-11-19(15)21(22)17(13)9-1/h1,5-8,10-12H,2-4,9H2. The van der Waals surface area contributed by atoms with E-state index in [0.717, 1.165) is 25.7 Å².